The molecule has 0 radical (unpaired) electrons. The first-order valence-corrected chi connectivity index (χ1v) is 10.2. The summed E-state index contributed by atoms with van der Waals surface area (Å²) in [4.78, 5) is 26.7. The van der Waals surface area contributed by atoms with Crippen LogP contribution in [0.3, 0.4) is 0 Å². The monoisotopic (exact) mass is 405 g/mol. The Morgan fingerprint density at radius 3 is 2.52 bits per heavy atom. The Balaban J connectivity index is 2.11. The second kappa shape index (κ2) is 8.42. The molecule has 1 saturated heterocycles. The molecular formula is C22H31NO6. The Kier molecular flexibility index (Phi) is 6.31. The Hall–Kier alpha value is -1.96. The maximum Gasteiger partial charge on any atom is 0.261 e. The molecule has 0 bridgehead atoms. The number of hydrogen-bond acceptors (Lipinski definition) is 6. The normalized spacial score (nSPS) is 39.3. The van der Waals surface area contributed by atoms with E-state index in [-0.39, 0.29) is 48.2 Å². The summed E-state index contributed by atoms with van der Waals surface area (Å²) >= 11 is 0. The average molecular weight is 405 g/mol. The van der Waals surface area contributed by atoms with Gasteiger partial charge < -0.3 is 25.3 Å². The molecule has 7 heteroatoms. The topological polar surface area (TPSA) is 118 Å². The van der Waals surface area contributed by atoms with Crippen molar-refractivity contribution in [3.8, 4) is 0 Å². The van der Waals surface area contributed by atoms with Gasteiger partial charge in [-0.15, -0.1) is 0 Å². The molecule has 3 aliphatic rings. The van der Waals surface area contributed by atoms with Gasteiger partial charge in [0.15, 0.2) is 5.78 Å². The van der Waals surface area contributed by atoms with Gasteiger partial charge in [0, 0.05) is 25.0 Å². The second-order valence-electron chi connectivity index (χ2n) is 8.64. The van der Waals surface area contributed by atoms with Crippen molar-refractivity contribution >= 4 is 11.7 Å². The molecule has 160 valence electrons. The van der Waals surface area contributed by atoms with Crippen LogP contribution in [0.2, 0.25) is 0 Å². The van der Waals surface area contributed by atoms with E-state index in [1.807, 2.05) is 13.0 Å². The molecule has 3 rings (SSSR count). The van der Waals surface area contributed by atoms with Gasteiger partial charge >= 0.3 is 0 Å². The van der Waals surface area contributed by atoms with Gasteiger partial charge in [-0.1, -0.05) is 31.2 Å². The van der Waals surface area contributed by atoms with Crippen LogP contribution in [0.25, 0.3) is 0 Å². The Labute approximate surface area is 171 Å². The van der Waals surface area contributed by atoms with Crippen molar-refractivity contribution in [2.75, 3.05) is 26.9 Å². The molecule has 29 heavy (non-hydrogen) atoms. The first-order valence-electron chi connectivity index (χ1n) is 10.2. The highest BCUT2D eigenvalue weighted by Gasteiger charge is 2.54. The Bertz CT molecular complexity index is 756. The van der Waals surface area contributed by atoms with E-state index in [0.29, 0.717) is 0 Å². The van der Waals surface area contributed by atoms with Gasteiger partial charge in [-0.2, -0.15) is 0 Å². The number of carbonyl (C=O) groups is 2. The molecule has 1 amide bonds. The summed E-state index contributed by atoms with van der Waals surface area (Å²) in [5.41, 5.74) is -1.15. The lowest BCUT2D eigenvalue weighted by Crippen LogP contribution is -2.46. The van der Waals surface area contributed by atoms with E-state index in [9.17, 15) is 30.0 Å². The fraction of sp³-hybridized carbons (Fsp3) is 0.636. The summed E-state index contributed by atoms with van der Waals surface area (Å²) in [7, 11) is 1.45. The number of nitrogens with zero attached hydrogens (tertiary/aromatic N) is 1. The van der Waals surface area contributed by atoms with Gasteiger partial charge in [0.05, 0.1) is 13.2 Å². The minimum Gasteiger partial charge on any atom is -0.511 e. The fourth-order valence-electron chi connectivity index (χ4n) is 5.39. The van der Waals surface area contributed by atoms with Crippen LogP contribution in [-0.4, -0.2) is 69.9 Å². The highest BCUT2D eigenvalue weighted by Crippen LogP contribution is 2.56. The number of hydrogen-bond donors (Lipinski definition) is 4. The van der Waals surface area contributed by atoms with Gasteiger partial charge in [0.25, 0.3) is 5.91 Å². The molecule has 0 aromatic heterocycles. The number of rotatable bonds is 5. The van der Waals surface area contributed by atoms with Crippen molar-refractivity contribution in [2.45, 2.75) is 32.2 Å². The summed E-state index contributed by atoms with van der Waals surface area (Å²) in [6.07, 6.45) is 9.80. The van der Waals surface area contributed by atoms with Crippen LogP contribution in [0.1, 0.15) is 26.2 Å². The van der Waals surface area contributed by atoms with E-state index in [1.54, 1.807) is 12.2 Å². The van der Waals surface area contributed by atoms with E-state index in [4.69, 9.17) is 0 Å². The summed E-state index contributed by atoms with van der Waals surface area (Å²) < 4.78 is 0. The zero-order valence-electron chi connectivity index (χ0n) is 17.0. The number of allylic oxidation sites excluding steroid dienone is 4. The predicted octanol–water partition coefficient (Wildman–Crippen LogP) is 0.966. The number of Topliss-reactive ketones (excluding diaryl/α,β-unsaturated/α-hetero) is 1. The van der Waals surface area contributed by atoms with E-state index in [1.165, 1.54) is 11.9 Å². The van der Waals surface area contributed by atoms with Crippen LogP contribution < -0.4 is 0 Å². The fourth-order valence-corrected chi connectivity index (χ4v) is 5.39. The zero-order valence-corrected chi connectivity index (χ0v) is 17.0. The SMILES string of the molecule is CN1C(=O)/C(=C(\O)[C@@]2(C)[C@@H]3CC[C@@H](CO)C[C@H]3C=C[C@H]2/C=C/CO)C(=O)C1CO. The molecule has 4 N–H and O–H groups in total. The number of carbonyl (C=O) groups excluding carboxylic acids is 2. The molecule has 1 heterocycles. The van der Waals surface area contributed by atoms with Crippen LogP contribution in [0.5, 0.6) is 0 Å². The average Bonchev–Trinajstić information content (AvgIpc) is 2.94. The molecule has 1 unspecified atom stereocenters. The molecule has 0 aromatic carbocycles. The Morgan fingerprint density at radius 1 is 1.21 bits per heavy atom. The van der Waals surface area contributed by atoms with Crippen LogP contribution in [0, 0.1) is 29.1 Å². The molecule has 0 spiro atoms. The second-order valence-corrected chi connectivity index (χ2v) is 8.64. The first-order chi connectivity index (χ1) is 13.8. The standard InChI is InChI=1S/C22H31NO6/c1-22(20(28)18-19(27)17(12-26)23(2)21(18)29)15(4-3-9-24)7-6-14-10-13(11-25)5-8-16(14)22/h3-4,6-7,13-17,24-26,28H,5,8-12H2,1-2H3/b4-3+,20-18-/t13-,14-,15-,16-,17?,22-/m1/s1. The molecule has 1 aliphatic heterocycles. The number of likely N-dealkylation sites (tertiary alicyclic amines) is 1. The van der Waals surface area contributed by atoms with E-state index in [2.05, 4.69) is 6.08 Å². The van der Waals surface area contributed by atoms with E-state index < -0.39 is 29.8 Å². The molecule has 7 nitrogen and oxygen atoms in total. The van der Waals surface area contributed by atoms with Crippen LogP contribution in [0.15, 0.2) is 35.6 Å². The number of aliphatic hydroxyl groups excluding tert-OH is 4. The Morgan fingerprint density at radius 2 is 1.93 bits per heavy atom. The van der Waals surface area contributed by atoms with Crippen molar-refractivity contribution in [3.05, 3.63) is 35.6 Å². The number of ketones is 1. The summed E-state index contributed by atoms with van der Waals surface area (Å²) in [6.45, 7) is 1.35. The van der Waals surface area contributed by atoms with Gasteiger partial charge in [-0.05, 0) is 37.0 Å². The number of likely N-dealkylation sites (N-methyl/N-ethyl adjacent to an activating group) is 1. The van der Waals surface area contributed by atoms with Crippen molar-refractivity contribution < 1.29 is 30.0 Å². The number of fused-ring (bicyclic) bond motifs is 1. The quantitative estimate of drug-likeness (QED) is 0.234. The lowest BCUT2D eigenvalue weighted by molar-refractivity contribution is -0.126. The highest BCUT2D eigenvalue weighted by atomic mass is 16.3. The smallest absolute Gasteiger partial charge is 0.261 e. The molecule has 2 fully saturated rings. The molecule has 0 aromatic rings. The van der Waals surface area contributed by atoms with Crippen molar-refractivity contribution in [1.29, 1.82) is 0 Å². The van der Waals surface area contributed by atoms with Crippen LogP contribution in [-0.2, 0) is 9.59 Å². The number of aliphatic hydroxyl groups is 4. The maximum absolute atomic E-state index is 12.8. The summed E-state index contributed by atoms with van der Waals surface area (Å²) in [6, 6.07) is -0.977. The zero-order chi connectivity index (χ0) is 21.3. The van der Waals surface area contributed by atoms with Crippen LogP contribution in [0.4, 0.5) is 0 Å². The molecule has 6 atom stereocenters. The highest BCUT2D eigenvalue weighted by molar-refractivity contribution is 6.26. The first kappa shape index (κ1) is 21.7. The van der Waals surface area contributed by atoms with Crippen LogP contribution >= 0.6 is 0 Å². The summed E-state index contributed by atoms with van der Waals surface area (Å²) in [5, 5.41) is 39.7. The van der Waals surface area contributed by atoms with Gasteiger partial charge in [0.2, 0.25) is 0 Å². The largest absolute Gasteiger partial charge is 0.511 e. The lowest BCUT2D eigenvalue weighted by atomic mass is 9.54. The van der Waals surface area contributed by atoms with E-state index >= 15 is 0 Å². The van der Waals surface area contributed by atoms with Gasteiger partial charge in [-0.25, -0.2) is 0 Å². The maximum atomic E-state index is 12.8. The predicted molar refractivity (Wildman–Crippen MR) is 107 cm³/mol. The van der Waals surface area contributed by atoms with Gasteiger partial charge in [0.1, 0.15) is 17.4 Å². The molecule has 1 saturated carbocycles. The molecule has 2 aliphatic carbocycles. The summed E-state index contributed by atoms with van der Waals surface area (Å²) in [5.74, 6) is -1.37. The van der Waals surface area contributed by atoms with Crippen molar-refractivity contribution in [3.63, 3.8) is 0 Å². The van der Waals surface area contributed by atoms with Crippen molar-refractivity contribution in [1.82, 2.24) is 4.90 Å². The minimum atomic E-state index is -0.977. The minimum absolute atomic E-state index is 0.0183. The lowest BCUT2D eigenvalue weighted by Gasteiger charge is -2.50. The molecular weight excluding hydrogens is 374 g/mol. The third-order valence-corrected chi connectivity index (χ3v) is 7.21. The van der Waals surface area contributed by atoms with Gasteiger partial charge in [-0.3, -0.25) is 9.59 Å². The third-order valence-electron chi connectivity index (χ3n) is 7.21. The van der Waals surface area contributed by atoms with E-state index in [0.717, 1.165) is 19.3 Å². The third kappa shape index (κ3) is 3.45. The number of amides is 1. The van der Waals surface area contributed by atoms with Crippen molar-refractivity contribution in [2.24, 2.45) is 29.1 Å².